The summed E-state index contributed by atoms with van der Waals surface area (Å²) in [5.41, 5.74) is 1.32. The Labute approximate surface area is 166 Å². The second-order valence-electron chi connectivity index (χ2n) is 5.70. The number of benzene rings is 2. The molecule has 27 heavy (non-hydrogen) atoms. The molecule has 3 aromatic rings. The van der Waals surface area contributed by atoms with Crippen molar-refractivity contribution in [2.45, 2.75) is 19.4 Å². The van der Waals surface area contributed by atoms with E-state index in [0.717, 1.165) is 5.56 Å². The highest BCUT2D eigenvalue weighted by Crippen LogP contribution is 2.28. The molecule has 1 unspecified atom stereocenters. The first kappa shape index (κ1) is 19.1. The Morgan fingerprint density at radius 1 is 1.22 bits per heavy atom. The van der Waals surface area contributed by atoms with E-state index in [2.05, 4.69) is 20.7 Å². The Balaban J connectivity index is 1.77. The molecule has 9 heteroatoms. The first-order valence-electron chi connectivity index (χ1n) is 8.21. The molecule has 1 aromatic heterocycles. The minimum absolute atomic E-state index is 0.265. The van der Waals surface area contributed by atoms with Crippen molar-refractivity contribution in [3.8, 4) is 17.1 Å². The summed E-state index contributed by atoms with van der Waals surface area (Å²) in [4.78, 5) is 14.0. The van der Waals surface area contributed by atoms with Crippen LogP contribution in [-0.4, -0.2) is 33.2 Å². The summed E-state index contributed by atoms with van der Waals surface area (Å²) in [7, 11) is 1.53. The normalized spacial score (nSPS) is 11.9. The fourth-order valence-electron chi connectivity index (χ4n) is 2.49. The van der Waals surface area contributed by atoms with Gasteiger partial charge in [-0.05, 0) is 54.1 Å². The molecule has 1 atom stereocenters. The summed E-state index contributed by atoms with van der Waals surface area (Å²) in [6.07, 6.45) is 0.492. The van der Waals surface area contributed by atoms with E-state index in [9.17, 15) is 4.79 Å². The number of ether oxygens (including phenoxy) is 1. The van der Waals surface area contributed by atoms with Gasteiger partial charge in [0.1, 0.15) is 5.75 Å². The lowest BCUT2D eigenvalue weighted by atomic mass is 10.2. The third kappa shape index (κ3) is 4.37. The van der Waals surface area contributed by atoms with Crippen LogP contribution in [0.1, 0.15) is 19.4 Å². The number of hydrogen-bond donors (Lipinski definition) is 1. The van der Waals surface area contributed by atoms with Crippen LogP contribution < -0.4 is 10.1 Å². The van der Waals surface area contributed by atoms with Crippen molar-refractivity contribution < 1.29 is 9.53 Å². The van der Waals surface area contributed by atoms with Crippen LogP contribution in [0, 0.1) is 0 Å². The minimum Gasteiger partial charge on any atom is -0.495 e. The highest BCUT2D eigenvalue weighted by atomic mass is 35.5. The zero-order valence-corrected chi connectivity index (χ0v) is 16.2. The van der Waals surface area contributed by atoms with Gasteiger partial charge < -0.3 is 10.1 Å². The number of aromatic nitrogens is 4. The Morgan fingerprint density at radius 2 is 1.96 bits per heavy atom. The molecule has 0 aliphatic carbocycles. The fraction of sp³-hybridized carbons (Fsp3) is 0.222. The van der Waals surface area contributed by atoms with E-state index >= 15 is 0 Å². The highest BCUT2D eigenvalue weighted by Gasteiger charge is 2.22. The number of amides is 1. The molecule has 2 aromatic carbocycles. The zero-order chi connectivity index (χ0) is 19.4. The Morgan fingerprint density at radius 3 is 2.59 bits per heavy atom. The van der Waals surface area contributed by atoms with E-state index in [4.69, 9.17) is 27.9 Å². The Hall–Kier alpha value is -2.64. The molecule has 0 saturated heterocycles. The highest BCUT2D eigenvalue weighted by molar-refractivity contribution is 6.32. The molecule has 3 rings (SSSR count). The molecule has 1 heterocycles. The fourth-order valence-corrected chi connectivity index (χ4v) is 2.88. The molecule has 0 aliphatic heterocycles. The predicted octanol–water partition coefficient (Wildman–Crippen LogP) is 4.25. The van der Waals surface area contributed by atoms with Gasteiger partial charge in [0.05, 0.1) is 12.1 Å². The molecule has 0 radical (unpaired) electrons. The summed E-state index contributed by atoms with van der Waals surface area (Å²) in [6.45, 7) is 1.87. The third-order valence-electron chi connectivity index (χ3n) is 3.92. The van der Waals surface area contributed by atoms with Crippen LogP contribution in [-0.2, 0) is 4.79 Å². The Bertz CT molecular complexity index is 943. The van der Waals surface area contributed by atoms with Gasteiger partial charge in [-0.25, -0.2) is 0 Å². The maximum absolute atomic E-state index is 12.7. The van der Waals surface area contributed by atoms with E-state index in [1.54, 1.807) is 42.5 Å². The summed E-state index contributed by atoms with van der Waals surface area (Å²) < 4.78 is 5.11. The summed E-state index contributed by atoms with van der Waals surface area (Å²) in [5, 5.41) is 16.2. The number of carbonyl (C=O) groups excluding carboxylic acids is 1. The number of nitrogens with zero attached hydrogens (tertiary/aromatic N) is 4. The van der Waals surface area contributed by atoms with Crippen LogP contribution in [0.25, 0.3) is 11.4 Å². The monoisotopic (exact) mass is 405 g/mol. The topological polar surface area (TPSA) is 81.9 Å². The molecular weight excluding hydrogens is 389 g/mol. The standard InChI is InChI=1S/C18H17Cl2N5O2/c1-3-15(18(26)21-13-8-9-16(27-2)14(20)10-13)25-23-17(22-24-25)11-4-6-12(19)7-5-11/h4-10,15H,3H2,1-2H3,(H,21,26). The smallest absolute Gasteiger partial charge is 0.251 e. The molecule has 0 saturated carbocycles. The van der Waals surface area contributed by atoms with Crippen molar-refractivity contribution in [1.82, 2.24) is 20.2 Å². The van der Waals surface area contributed by atoms with Gasteiger partial charge in [0.25, 0.3) is 5.91 Å². The van der Waals surface area contributed by atoms with Crippen LogP contribution in [0.3, 0.4) is 0 Å². The number of nitrogens with one attached hydrogen (secondary N) is 1. The molecule has 7 nitrogen and oxygen atoms in total. The van der Waals surface area contributed by atoms with Gasteiger partial charge in [-0.1, -0.05) is 30.1 Å². The number of rotatable bonds is 6. The number of carbonyl (C=O) groups is 1. The quantitative estimate of drug-likeness (QED) is 0.662. The number of anilines is 1. The van der Waals surface area contributed by atoms with Crippen molar-refractivity contribution in [2.24, 2.45) is 0 Å². The predicted molar refractivity (Wildman–Crippen MR) is 104 cm³/mol. The van der Waals surface area contributed by atoms with Crippen LogP contribution in [0.5, 0.6) is 5.75 Å². The molecule has 0 fully saturated rings. The van der Waals surface area contributed by atoms with Crippen LogP contribution in [0.15, 0.2) is 42.5 Å². The van der Waals surface area contributed by atoms with Crippen molar-refractivity contribution >= 4 is 34.8 Å². The van der Waals surface area contributed by atoms with Crippen molar-refractivity contribution in [3.05, 3.63) is 52.5 Å². The van der Waals surface area contributed by atoms with E-state index in [0.29, 0.717) is 33.7 Å². The molecule has 1 amide bonds. The van der Waals surface area contributed by atoms with E-state index < -0.39 is 6.04 Å². The average Bonchev–Trinajstić information content (AvgIpc) is 3.13. The lowest BCUT2D eigenvalue weighted by Crippen LogP contribution is -2.27. The van der Waals surface area contributed by atoms with Crippen LogP contribution in [0.4, 0.5) is 5.69 Å². The van der Waals surface area contributed by atoms with Crippen molar-refractivity contribution in [2.75, 3.05) is 12.4 Å². The first-order valence-corrected chi connectivity index (χ1v) is 8.97. The summed E-state index contributed by atoms with van der Waals surface area (Å²) in [6, 6.07) is 11.5. The summed E-state index contributed by atoms with van der Waals surface area (Å²) >= 11 is 12.0. The van der Waals surface area contributed by atoms with Crippen molar-refractivity contribution in [1.29, 1.82) is 0 Å². The Kier molecular flexibility index (Phi) is 5.93. The average molecular weight is 406 g/mol. The second kappa shape index (κ2) is 8.37. The van der Waals surface area contributed by atoms with E-state index in [1.807, 2.05) is 6.92 Å². The molecule has 0 aliphatic rings. The summed E-state index contributed by atoms with van der Waals surface area (Å²) in [5.74, 6) is 0.691. The lowest BCUT2D eigenvalue weighted by molar-refractivity contribution is -0.119. The van der Waals surface area contributed by atoms with Gasteiger partial charge in [-0.3, -0.25) is 4.79 Å². The van der Waals surface area contributed by atoms with Gasteiger partial charge in [0, 0.05) is 16.3 Å². The largest absolute Gasteiger partial charge is 0.495 e. The SMILES string of the molecule is CCC(C(=O)Nc1ccc(OC)c(Cl)c1)n1nnc(-c2ccc(Cl)cc2)n1. The van der Waals surface area contributed by atoms with Gasteiger partial charge >= 0.3 is 0 Å². The lowest BCUT2D eigenvalue weighted by Gasteiger charge is -2.14. The first-order chi connectivity index (χ1) is 13.0. The maximum atomic E-state index is 12.7. The second-order valence-corrected chi connectivity index (χ2v) is 6.55. The zero-order valence-electron chi connectivity index (χ0n) is 14.7. The molecule has 0 bridgehead atoms. The number of tetrazole rings is 1. The van der Waals surface area contributed by atoms with Gasteiger partial charge in [0.2, 0.25) is 5.82 Å². The van der Waals surface area contributed by atoms with Crippen molar-refractivity contribution in [3.63, 3.8) is 0 Å². The molecular formula is C18H17Cl2N5O2. The van der Waals surface area contributed by atoms with E-state index in [1.165, 1.54) is 11.9 Å². The number of methoxy groups -OCH3 is 1. The number of hydrogen-bond acceptors (Lipinski definition) is 5. The van der Waals surface area contributed by atoms with Crippen LogP contribution in [0.2, 0.25) is 10.0 Å². The maximum Gasteiger partial charge on any atom is 0.251 e. The van der Waals surface area contributed by atoms with E-state index in [-0.39, 0.29) is 5.91 Å². The van der Waals surface area contributed by atoms with Gasteiger partial charge in [-0.2, -0.15) is 4.80 Å². The molecule has 1 N–H and O–H groups in total. The van der Waals surface area contributed by atoms with Gasteiger partial charge in [0.15, 0.2) is 6.04 Å². The number of halogens is 2. The van der Waals surface area contributed by atoms with Crippen LogP contribution >= 0.6 is 23.2 Å². The minimum atomic E-state index is -0.612. The third-order valence-corrected chi connectivity index (χ3v) is 4.47. The molecule has 140 valence electrons. The molecule has 0 spiro atoms. The van der Waals surface area contributed by atoms with Gasteiger partial charge in [-0.15, -0.1) is 10.2 Å².